The van der Waals surface area contributed by atoms with Gasteiger partial charge in [-0.15, -0.1) is 0 Å². The van der Waals surface area contributed by atoms with Gasteiger partial charge in [0.25, 0.3) is 5.56 Å². The third kappa shape index (κ3) is 3.02. The number of carboxylic acid groups (broad SMARTS) is 1. The first-order chi connectivity index (χ1) is 13.8. The Morgan fingerprint density at radius 1 is 1.21 bits per heavy atom. The maximum atomic E-state index is 13.0. The Morgan fingerprint density at radius 2 is 1.90 bits per heavy atom. The second-order valence-electron chi connectivity index (χ2n) is 7.54. The largest absolute Gasteiger partial charge is 0.548 e. The molecule has 1 atom stereocenters. The van der Waals surface area contributed by atoms with Crippen molar-refractivity contribution in [2.75, 3.05) is 11.4 Å². The van der Waals surface area contributed by atoms with Gasteiger partial charge < -0.3 is 19.4 Å². The summed E-state index contributed by atoms with van der Waals surface area (Å²) in [7, 11) is 1.48. The molecule has 1 unspecified atom stereocenters. The predicted molar refractivity (Wildman–Crippen MR) is 106 cm³/mol. The van der Waals surface area contributed by atoms with Crippen LogP contribution in [0.1, 0.15) is 19.4 Å². The number of aliphatic carboxylic acids is 1. The lowest BCUT2D eigenvalue weighted by molar-refractivity contribution is -0.306. The smallest absolute Gasteiger partial charge is 0.332 e. The molecule has 0 saturated heterocycles. The van der Waals surface area contributed by atoms with Crippen LogP contribution in [0.2, 0.25) is 0 Å². The van der Waals surface area contributed by atoms with Crippen LogP contribution < -0.4 is 21.3 Å². The Labute approximate surface area is 166 Å². The minimum atomic E-state index is -1.49. The number of imidazole rings is 1. The number of carbonyl (C=O) groups excluding carboxylic acids is 1. The lowest BCUT2D eigenvalue weighted by Crippen LogP contribution is -2.44. The zero-order valence-electron chi connectivity index (χ0n) is 16.6. The molecule has 9 heteroatoms. The van der Waals surface area contributed by atoms with E-state index >= 15 is 0 Å². The van der Waals surface area contributed by atoms with Crippen LogP contribution in [0, 0.1) is 5.92 Å². The number of benzene rings is 1. The highest BCUT2D eigenvalue weighted by Crippen LogP contribution is 2.32. The molecule has 0 saturated carbocycles. The molecule has 152 valence electrons. The molecule has 2 aromatic heterocycles. The molecule has 4 rings (SSSR count). The number of carbonyl (C=O) groups is 1. The van der Waals surface area contributed by atoms with Crippen LogP contribution in [0.3, 0.4) is 0 Å². The monoisotopic (exact) mass is 396 g/mol. The van der Waals surface area contributed by atoms with Crippen LogP contribution in [0.5, 0.6) is 0 Å². The van der Waals surface area contributed by atoms with Crippen molar-refractivity contribution in [2.24, 2.45) is 13.0 Å². The van der Waals surface area contributed by atoms with E-state index in [1.54, 1.807) is 4.57 Å². The van der Waals surface area contributed by atoms with Gasteiger partial charge in [-0.3, -0.25) is 13.9 Å². The van der Waals surface area contributed by atoms with Crippen LogP contribution in [0.25, 0.3) is 11.2 Å². The van der Waals surface area contributed by atoms with Crippen LogP contribution in [0.4, 0.5) is 11.6 Å². The molecule has 1 aliphatic rings. The number of aryl methyl sites for hydroxylation is 2. The fourth-order valence-corrected chi connectivity index (χ4v) is 3.90. The molecule has 0 fully saturated rings. The summed E-state index contributed by atoms with van der Waals surface area (Å²) < 4.78 is 3.69. The van der Waals surface area contributed by atoms with E-state index < -0.39 is 23.8 Å². The molecule has 0 amide bonds. The summed E-state index contributed by atoms with van der Waals surface area (Å²) in [4.78, 5) is 43.2. The van der Waals surface area contributed by atoms with Crippen molar-refractivity contribution < 1.29 is 9.90 Å². The number of aromatic nitrogens is 4. The number of nitrogens with zero attached hydrogens (tertiary/aromatic N) is 5. The van der Waals surface area contributed by atoms with Gasteiger partial charge in [-0.2, -0.15) is 4.98 Å². The summed E-state index contributed by atoms with van der Waals surface area (Å²) >= 11 is 0. The Bertz CT molecular complexity index is 1220. The summed E-state index contributed by atoms with van der Waals surface area (Å²) in [5, 5.41) is 11.0. The van der Waals surface area contributed by atoms with Crippen molar-refractivity contribution in [3.05, 3.63) is 50.7 Å². The Kier molecular flexibility index (Phi) is 4.52. The molecular formula is C20H22N5O4-. The topological polar surface area (TPSA) is 105 Å². The molecule has 0 N–H and O–H groups in total. The van der Waals surface area contributed by atoms with Gasteiger partial charge in [0.15, 0.2) is 11.2 Å². The van der Waals surface area contributed by atoms with E-state index in [-0.39, 0.29) is 17.1 Å². The van der Waals surface area contributed by atoms with Gasteiger partial charge in [-0.05, 0) is 30.0 Å². The first kappa shape index (κ1) is 19.0. The number of fused-ring (bicyclic) bond motifs is 3. The second-order valence-corrected chi connectivity index (χ2v) is 7.54. The highest BCUT2D eigenvalue weighted by molar-refractivity contribution is 5.77. The summed E-state index contributed by atoms with van der Waals surface area (Å²) in [6.07, 6.45) is 0.940. The van der Waals surface area contributed by atoms with E-state index in [4.69, 9.17) is 0 Å². The van der Waals surface area contributed by atoms with Crippen LogP contribution >= 0.6 is 0 Å². The third-order valence-electron chi connectivity index (χ3n) is 5.39. The standard InChI is InChI=1S/C20H23N5O4/c1-4-13-5-7-14(8-6-13)23-9-12(2)10-24-16-17(21-19(23)24)22(3)20(29)25(18(16)28)11-15(26)27/h5-8,12H,4,9-11H2,1-3H3,(H,26,27)/p-1. The van der Waals surface area contributed by atoms with E-state index in [1.807, 2.05) is 17.0 Å². The van der Waals surface area contributed by atoms with Gasteiger partial charge in [-0.25, -0.2) is 4.79 Å². The molecular weight excluding hydrogens is 374 g/mol. The highest BCUT2D eigenvalue weighted by atomic mass is 16.4. The van der Waals surface area contributed by atoms with E-state index in [9.17, 15) is 19.5 Å². The molecule has 3 aromatic rings. The lowest BCUT2D eigenvalue weighted by Gasteiger charge is -2.33. The Morgan fingerprint density at radius 3 is 2.52 bits per heavy atom. The van der Waals surface area contributed by atoms with Crippen molar-refractivity contribution in [1.29, 1.82) is 0 Å². The van der Waals surface area contributed by atoms with Gasteiger partial charge in [0.05, 0.1) is 12.5 Å². The van der Waals surface area contributed by atoms with Gasteiger partial charge in [-0.1, -0.05) is 26.0 Å². The summed E-state index contributed by atoms with van der Waals surface area (Å²) in [5.74, 6) is -0.703. The summed E-state index contributed by atoms with van der Waals surface area (Å²) in [6, 6.07) is 8.16. The van der Waals surface area contributed by atoms with Gasteiger partial charge in [0.2, 0.25) is 5.95 Å². The number of carboxylic acids is 1. The molecule has 29 heavy (non-hydrogen) atoms. The first-order valence-electron chi connectivity index (χ1n) is 9.58. The Hall–Kier alpha value is -3.36. The molecule has 0 radical (unpaired) electrons. The van der Waals surface area contributed by atoms with E-state index in [0.29, 0.717) is 17.1 Å². The SMILES string of the molecule is CCc1ccc(N2CC(C)Cn3c2nc2c3c(=O)n(CC(=O)[O-])c(=O)n2C)cc1. The van der Waals surface area contributed by atoms with Gasteiger partial charge in [0.1, 0.15) is 0 Å². The molecule has 0 bridgehead atoms. The number of rotatable bonds is 4. The zero-order valence-corrected chi connectivity index (χ0v) is 16.6. The fraction of sp³-hybridized carbons (Fsp3) is 0.400. The van der Waals surface area contributed by atoms with Crippen molar-refractivity contribution in [3.8, 4) is 0 Å². The van der Waals surface area contributed by atoms with Crippen molar-refractivity contribution in [3.63, 3.8) is 0 Å². The van der Waals surface area contributed by atoms with Gasteiger partial charge >= 0.3 is 5.69 Å². The quantitative estimate of drug-likeness (QED) is 0.615. The first-order valence-corrected chi connectivity index (χ1v) is 9.58. The number of anilines is 2. The van der Waals surface area contributed by atoms with E-state index in [2.05, 4.69) is 31.0 Å². The molecule has 1 aliphatic heterocycles. The zero-order chi connectivity index (χ0) is 20.9. The number of hydrogen-bond acceptors (Lipinski definition) is 6. The lowest BCUT2D eigenvalue weighted by atomic mass is 10.1. The average Bonchev–Trinajstić information content (AvgIpc) is 3.08. The van der Waals surface area contributed by atoms with Crippen molar-refractivity contribution in [1.82, 2.24) is 18.7 Å². The Balaban J connectivity index is 1.96. The van der Waals surface area contributed by atoms with Gasteiger partial charge in [0, 0.05) is 25.8 Å². The van der Waals surface area contributed by atoms with E-state index in [0.717, 1.165) is 18.7 Å². The molecule has 1 aromatic carbocycles. The molecule has 0 aliphatic carbocycles. The molecule has 9 nitrogen and oxygen atoms in total. The molecule has 3 heterocycles. The van der Waals surface area contributed by atoms with Crippen LogP contribution in [-0.4, -0.2) is 31.2 Å². The molecule has 0 spiro atoms. The maximum Gasteiger partial charge on any atom is 0.332 e. The maximum absolute atomic E-state index is 13.0. The van der Waals surface area contributed by atoms with Crippen molar-refractivity contribution >= 4 is 28.8 Å². The highest BCUT2D eigenvalue weighted by Gasteiger charge is 2.29. The summed E-state index contributed by atoms with van der Waals surface area (Å²) in [5.41, 5.74) is 1.25. The second kappa shape index (κ2) is 6.91. The van der Waals surface area contributed by atoms with Crippen LogP contribution in [0.15, 0.2) is 33.9 Å². The minimum Gasteiger partial charge on any atom is -0.548 e. The predicted octanol–water partition coefficient (Wildman–Crippen LogP) is -0.00320. The fourth-order valence-electron chi connectivity index (χ4n) is 3.90. The normalized spacial score (nSPS) is 16.2. The minimum absolute atomic E-state index is 0.219. The van der Waals surface area contributed by atoms with E-state index in [1.165, 1.54) is 17.2 Å². The van der Waals surface area contributed by atoms with Crippen molar-refractivity contribution in [2.45, 2.75) is 33.4 Å². The summed E-state index contributed by atoms with van der Waals surface area (Å²) in [6.45, 7) is 4.64. The third-order valence-corrected chi connectivity index (χ3v) is 5.39. The van der Waals surface area contributed by atoms with Crippen LogP contribution in [-0.2, 0) is 31.4 Å². The number of hydrogen-bond donors (Lipinski definition) is 0. The average molecular weight is 396 g/mol.